The van der Waals surface area contributed by atoms with Crippen LogP contribution in [0, 0.1) is 11.7 Å². The van der Waals surface area contributed by atoms with Gasteiger partial charge in [0.15, 0.2) is 0 Å². The molecule has 1 fully saturated rings. The van der Waals surface area contributed by atoms with E-state index in [1.807, 2.05) is 6.92 Å². The van der Waals surface area contributed by atoms with Crippen LogP contribution in [0.25, 0.3) is 0 Å². The zero-order chi connectivity index (χ0) is 14.7. The third-order valence-corrected chi connectivity index (χ3v) is 4.61. The van der Waals surface area contributed by atoms with Gasteiger partial charge in [-0.3, -0.25) is 0 Å². The molecule has 0 aliphatic carbocycles. The zero-order valence-electron chi connectivity index (χ0n) is 11.8. The molecule has 0 radical (unpaired) electrons. The van der Waals surface area contributed by atoms with E-state index in [1.54, 1.807) is 0 Å². The Morgan fingerprint density at radius 3 is 2.50 bits per heavy atom. The molecule has 1 aromatic rings. The second-order valence-corrected chi connectivity index (χ2v) is 6.23. The number of hydrogen-bond acceptors (Lipinski definition) is 2. The summed E-state index contributed by atoms with van der Waals surface area (Å²) in [5.41, 5.74) is 0.743. The lowest BCUT2D eigenvalue weighted by molar-refractivity contribution is 0.0547. The Labute approximate surface area is 129 Å². The van der Waals surface area contributed by atoms with Crippen molar-refractivity contribution in [2.24, 2.45) is 5.92 Å². The Balaban J connectivity index is 2.03. The van der Waals surface area contributed by atoms with Gasteiger partial charge in [0.25, 0.3) is 0 Å². The summed E-state index contributed by atoms with van der Waals surface area (Å²) in [5.74, 6) is 0.153. The summed E-state index contributed by atoms with van der Waals surface area (Å²) >= 11 is 11.9. The molecule has 0 amide bonds. The first-order chi connectivity index (χ1) is 9.49. The largest absolute Gasteiger partial charge is 0.381 e. The monoisotopic (exact) mass is 319 g/mol. The first-order valence-electron chi connectivity index (χ1n) is 6.97. The summed E-state index contributed by atoms with van der Waals surface area (Å²) in [4.78, 5) is 0. The van der Waals surface area contributed by atoms with E-state index in [2.05, 4.69) is 12.2 Å². The predicted molar refractivity (Wildman–Crippen MR) is 81.0 cm³/mol. The summed E-state index contributed by atoms with van der Waals surface area (Å²) < 4.78 is 19.0. The van der Waals surface area contributed by atoms with Crippen molar-refractivity contribution >= 4 is 23.2 Å². The van der Waals surface area contributed by atoms with Crippen LogP contribution < -0.4 is 5.32 Å². The smallest absolute Gasteiger partial charge is 0.142 e. The lowest BCUT2D eigenvalue weighted by atomic mass is 9.92. The van der Waals surface area contributed by atoms with Crippen molar-refractivity contribution in [3.05, 3.63) is 33.6 Å². The van der Waals surface area contributed by atoms with E-state index in [4.69, 9.17) is 27.9 Å². The van der Waals surface area contributed by atoms with Crippen LogP contribution in [-0.2, 0) is 4.74 Å². The summed E-state index contributed by atoms with van der Waals surface area (Å²) in [5, 5.41) is 4.06. The van der Waals surface area contributed by atoms with Crippen molar-refractivity contribution in [1.29, 1.82) is 0 Å². The Hall–Kier alpha value is -0.350. The molecule has 2 unspecified atom stereocenters. The number of ether oxygens (including phenoxy) is 1. The molecule has 2 rings (SSSR count). The summed E-state index contributed by atoms with van der Waals surface area (Å²) in [6.45, 7) is 5.79. The van der Waals surface area contributed by atoms with Gasteiger partial charge in [0.1, 0.15) is 5.82 Å². The third kappa shape index (κ3) is 3.85. The van der Waals surface area contributed by atoms with E-state index >= 15 is 0 Å². The zero-order valence-corrected chi connectivity index (χ0v) is 13.3. The summed E-state index contributed by atoms with van der Waals surface area (Å²) in [6.07, 6.45) is 2.12. The van der Waals surface area contributed by atoms with Crippen LogP contribution in [-0.4, -0.2) is 19.3 Å². The molecule has 1 aliphatic heterocycles. The molecule has 1 saturated heterocycles. The minimum atomic E-state index is -0.432. The van der Waals surface area contributed by atoms with Gasteiger partial charge in [-0.1, -0.05) is 23.2 Å². The van der Waals surface area contributed by atoms with Gasteiger partial charge in [0.2, 0.25) is 0 Å². The van der Waals surface area contributed by atoms with Crippen molar-refractivity contribution < 1.29 is 9.13 Å². The Morgan fingerprint density at radius 2 is 1.85 bits per heavy atom. The molecule has 0 saturated carbocycles. The maximum atomic E-state index is 13.6. The van der Waals surface area contributed by atoms with Gasteiger partial charge >= 0.3 is 0 Å². The molecule has 0 bridgehead atoms. The third-order valence-electron chi connectivity index (χ3n) is 3.99. The van der Waals surface area contributed by atoms with Gasteiger partial charge in [-0.2, -0.15) is 0 Å². The molecule has 0 spiro atoms. The Kier molecular flexibility index (Phi) is 5.67. The van der Waals surface area contributed by atoms with Crippen LogP contribution in [0.1, 0.15) is 38.3 Å². The minimum absolute atomic E-state index is 0.0212. The average Bonchev–Trinajstić information content (AvgIpc) is 2.43. The van der Waals surface area contributed by atoms with Gasteiger partial charge in [0, 0.05) is 30.3 Å². The molecule has 5 heteroatoms. The van der Waals surface area contributed by atoms with Crippen LogP contribution in [0.4, 0.5) is 4.39 Å². The number of rotatable bonds is 4. The van der Waals surface area contributed by atoms with Crippen molar-refractivity contribution in [2.75, 3.05) is 13.2 Å². The van der Waals surface area contributed by atoms with Crippen molar-refractivity contribution in [2.45, 2.75) is 38.8 Å². The average molecular weight is 320 g/mol. The van der Waals surface area contributed by atoms with Gasteiger partial charge in [-0.05, 0) is 50.3 Å². The number of nitrogens with one attached hydrogen (secondary N) is 1. The van der Waals surface area contributed by atoms with E-state index < -0.39 is 5.82 Å². The van der Waals surface area contributed by atoms with Crippen LogP contribution in [0.2, 0.25) is 10.0 Å². The van der Waals surface area contributed by atoms with Gasteiger partial charge in [-0.15, -0.1) is 0 Å². The quantitative estimate of drug-likeness (QED) is 0.819. The van der Waals surface area contributed by atoms with Crippen molar-refractivity contribution in [3.8, 4) is 0 Å². The highest BCUT2D eigenvalue weighted by molar-refractivity contribution is 6.35. The number of benzene rings is 1. The predicted octanol–water partition coefficient (Wildman–Crippen LogP) is 4.60. The van der Waals surface area contributed by atoms with E-state index in [-0.39, 0.29) is 11.1 Å². The lowest BCUT2D eigenvalue weighted by Gasteiger charge is -2.31. The molecule has 0 aromatic heterocycles. The lowest BCUT2D eigenvalue weighted by Crippen LogP contribution is -2.38. The Bertz CT molecular complexity index is 463. The highest BCUT2D eigenvalue weighted by Crippen LogP contribution is 2.30. The molecule has 2 atom stereocenters. The highest BCUT2D eigenvalue weighted by Gasteiger charge is 2.23. The topological polar surface area (TPSA) is 21.3 Å². The first-order valence-corrected chi connectivity index (χ1v) is 7.73. The van der Waals surface area contributed by atoms with Gasteiger partial charge < -0.3 is 10.1 Å². The summed E-state index contributed by atoms with van der Waals surface area (Å²) in [7, 11) is 0. The molecule has 1 N–H and O–H groups in total. The molecular formula is C15H20Cl2FNO. The van der Waals surface area contributed by atoms with E-state index in [9.17, 15) is 4.39 Å². The number of halogens is 3. The molecule has 1 aliphatic rings. The van der Waals surface area contributed by atoms with Crippen molar-refractivity contribution in [3.63, 3.8) is 0 Å². The molecule has 20 heavy (non-hydrogen) atoms. The van der Waals surface area contributed by atoms with Gasteiger partial charge in [-0.25, -0.2) is 4.39 Å². The highest BCUT2D eigenvalue weighted by atomic mass is 35.5. The fourth-order valence-corrected chi connectivity index (χ4v) is 3.25. The second kappa shape index (κ2) is 7.08. The first kappa shape index (κ1) is 16.0. The van der Waals surface area contributed by atoms with Gasteiger partial charge in [0.05, 0.1) is 5.02 Å². The molecule has 112 valence electrons. The second-order valence-electron chi connectivity index (χ2n) is 5.41. The van der Waals surface area contributed by atoms with E-state index in [0.717, 1.165) is 31.6 Å². The SMILES string of the molecule is CC(NC(C)C1CCOCC1)c1cc(F)c(Cl)cc1Cl. The standard InChI is InChI=1S/C15H20Cl2FNO/c1-9(11-3-5-20-6-4-11)19-10(2)12-7-15(18)14(17)8-13(12)16/h7-11,19H,3-6H2,1-2H3. The van der Waals surface area contributed by atoms with Crippen LogP contribution in [0.5, 0.6) is 0 Å². The molecular weight excluding hydrogens is 300 g/mol. The molecule has 2 nitrogen and oxygen atoms in total. The van der Waals surface area contributed by atoms with Crippen LogP contribution in [0.15, 0.2) is 12.1 Å². The Morgan fingerprint density at radius 1 is 1.20 bits per heavy atom. The van der Waals surface area contributed by atoms with E-state index in [0.29, 0.717) is 17.0 Å². The number of hydrogen-bond donors (Lipinski definition) is 1. The van der Waals surface area contributed by atoms with Crippen molar-refractivity contribution in [1.82, 2.24) is 5.32 Å². The minimum Gasteiger partial charge on any atom is -0.381 e. The fraction of sp³-hybridized carbons (Fsp3) is 0.600. The molecule has 1 heterocycles. The van der Waals surface area contributed by atoms with Crippen LogP contribution in [0.3, 0.4) is 0 Å². The maximum absolute atomic E-state index is 13.6. The maximum Gasteiger partial charge on any atom is 0.142 e. The molecule has 1 aromatic carbocycles. The summed E-state index contributed by atoms with van der Waals surface area (Å²) in [6, 6.07) is 3.19. The van der Waals surface area contributed by atoms with E-state index in [1.165, 1.54) is 12.1 Å². The fourth-order valence-electron chi connectivity index (χ4n) is 2.71. The van der Waals surface area contributed by atoms with Crippen LogP contribution >= 0.6 is 23.2 Å². The normalized spacial score (nSPS) is 19.9.